The number of aryl methyl sites for hydroxylation is 1. The van der Waals surface area contributed by atoms with Crippen LogP contribution in [0.4, 0.5) is 5.69 Å². The van der Waals surface area contributed by atoms with Crippen molar-refractivity contribution in [3.05, 3.63) is 117 Å². The molecule has 0 radical (unpaired) electrons. The van der Waals surface area contributed by atoms with E-state index in [4.69, 9.17) is 14.0 Å². The molecule has 3 aromatic carbocycles. The molecule has 0 bridgehead atoms. The number of fused-ring (bicyclic) bond motifs is 5. The fourth-order valence-electron chi connectivity index (χ4n) is 6.96. The summed E-state index contributed by atoms with van der Waals surface area (Å²) in [5.41, 5.74) is 0.0329. The summed E-state index contributed by atoms with van der Waals surface area (Å²) >= 11 is 0. The summed E-state index contributed by atoms with van der Waals surface area (Å²) in [6.07, 6.45) is -0.585. The fraction of sp³-hybridized carbons (Fsp3) is 0.233. The summed E-state index contributed by atoms with van der Waals surface area (Å²) in [7, 11) is 0. The molecule has 5 atom stereocenters. The van der Waals surface area contributed by atoms with Crippen molar-refractivity contribution in [1.29, 1.82) is 0 Å². The summed E-state index contributed by atoms with van der Waals surface area (Å²) in [5.74, 6) is -2.40. The molecule has 7 rings (SSSR count). The first-order valence-corrected chi connectivity index (χ1v) is 12.7. The van der Waals surface area contributed by atoms with Gasteiger partial charge >= 0.3 is 11.7 Å². The van der Waals surface area contributed by atoms with Gasteiger partial charge in [0.15, 0.2) is 11.5 Å². The number of Topliss-reactive ketones (excluding diaryl/α,β-unsaturated/α-hetero) is 1. The predicted molar refractivity (Wildman–Crippen MR) is 137 cm³/mol. The van der Waals surface area contributed by atoms with Gasteiger partial charge < -0.3 is 14.0 Å². The Kier molecular flexibility index (Phi) is 5.00. The molecule has 3 aliphatic rings. The van der Waals surface area contributed by atoms with Gasteiger partial charge in [-0.25, -0.2) is 0 Å². The first-order chi connectivity index (χ1) is 18.9. The highest BCUT2D eigenvalue weighted by atomic mass is 16.6. The minimum absolute atomic E-state index is 0.0521. The van der Waals surface area contributed by atoms with Crippen LogP contribution in [-0.4, -0.2) is 27.9 Å². The van der Waals surface area contributed by atoms with E-state index < -0.39 is 40.2 Å². The molecule has 1 saturated carbocycles. The van der Waals surface area contributed by atoms with E-state index >= 15 is 0 Å². The number of para-hydroxylation sites is 2. The SMILES string of the molecule is Cc1noc([C@H]2C[C@@H]3Oc4ccccc4C(=O)C3[C@@]3(C(=O)Oc4ccccc43)[C@@H]2c2ccccc2)c1[N+](=O)[O-]. The van der Waals surface area contributed by atoms with Gasteiger partial charge in [0, 0.05) is 17.4 Å². The number of rotatable bonds is 3. The van der Waals surface area contributed by atoms with Gasteiger partial charge in [0.1, 0.15) is 23.0 Å². The number of ether oxygens (including phenoxy) is 2. The van der Waals surface area contributed by atoms with Gasteiger partial charge in [-0.1, -0.05) is 65.8 Å². The Morgan fingerprint density at radius 1 is 0.923 bits per heavy atom. The molecule has 1 aliphatic carbocycles. The van der Waals surface area contributed by atoms with Crippen LogP contribution in [0.5, 0.6) is 11.5 Å². The lowest BCUT2D eigenvalue weighted by atomic mass is 9.49. The van der Waals surface area contributed by atoms with Gasteiger partial charge in [-0.15, -0.1) is 0 Å². The number of benzene rings is 3. The molecule has 1 fully saturated rings. The topological polar surface area (TPSA) is 122 Å². The van der Waals surface area contributed by atoms with Crippen molar-refractivity contribution < 1.29 is 28.5 Å². The van der Waals surface area contributed by atoms with Crippen molar-refractivity contribution >= 4 is 17.4 Å². The van der Waals surface area contributed by atoms with Crippen molar-refractivity contribution in [2.24, 2.45) is 5.92 Å². The van der Waals surface area contributed by atoms with E-state index in [0.29, 0.717) is 22.6 Å². The Hall–Kier alpha value is -4.79. The first kappa shape index (κ1) is 23.3. The lowest BCUT2D eigenvalue weighted by molar-refractivity contribution is -0.386. The van der Waals surface area contributed by atoms with E-state index in [1.807, 2.05) is 30.3 Å². The molecule has 1 aromatic heterocycles. The minimum atomic E-state index is -1.54. The van der Waals surface area contributed by atoms with Crippen molar-refractivity contribution in [2.45, 2.75) is 36.7 Å². The number of hydrogen-bond acceptors (Lipinski definition) is 8. The molecule has 0 amide bonds. The minimum Gasteiger partial charge on any atom is -0.489 e. The largest absolute Gasteiger partial charge is 0.489 e. The normalized spacial score (nSPS) is 26.8. The molecular formula is C30H22N2O7. The van der Waals surface area contributed by atoms with E-state index in [-0.39, 0.29) is 29.3 Å². The number of ketones is 1. The maximum Gasteiger partial charge on any atom is 0.334 e. The van der Waals surface area contributed by atoms with Crippen LogP contribution in [0.3, 0.4) is 0 Å². The summed E-state index contributed by atoms with van der Waals surface area (Å²) in [4.78, 5) is 40.3. The lowest BCUT2D eigenvalue weighted by Crippen LogP contribution is -2.61. The van der Waals surface area contributed by atoms with Gasteiger partial charge in [0.25, 0.3) is 0 Å². The zero-order valence-corrected chi connectivity index (χ0v) is 20.8. The van der Waals surface area contributed by atoms with Gasteiger partial charge in [0.2, 0.25) is 5.76 Å². The molecular weight excluding hydrogens is 500 g/mol. The Morgan fingerprint density at radius 2 is 1.62 bits per heavy atom. The van der Waals surface area contributed by atoms with Gasteiger partial charge in [0.05, 0.1) is 16.4 Å². The predicted octanol–water partition coefficient (Wildman–Crippen LogP) is 5.28. The highest BCUT2D eigenvalue weighted by Gasteiger charge is 2.70. The van der Waals surface area contributed by atoms with E-state index in [1.165, 1.54) is 6.92 Å². The third-order valence-corrected chi connectivity index (χ3v) is 8.36. The van der Waals surface area contributed by atoms with E-state index in [0.717, 1.165) is 5.56 Å². The Labute approximate surface area is 222 Å². The van der Waals surface area contributed by atoms with Crippen LogP contribution in [0.2, 0.25) is 0 Å². The molecule has 39 heavy (non-hydrogen) atoms. The molecule has 9 nitrogen and oxygen atoms in total. The highest BCUT2D eigenvalue weighted by molar-refractivity contribution is 6.08. The zero-order valence-electron chi connectivity index (χ0n) is 20.8. The second-order valence-corrected chi connectivity index (χ2v) is 10.2. The number of hydrogen-bond donors (Lipinski definition) is 0. The van der Waals surface area contributed by atoms with Crippen molar-refractivity contribution in [2.75, 3.05) is 0 Å². The monoisotopic (exact) mass is 522 g/mol. The third-order valence-electron chi connectivity index (χ3n) is 8.36. The summed E-state index contributed by atoms with van der Waals surface area (Å²) in [5, 5.41) is 16.1. The Balaban J connectivity index is 1.57. The molecule has 0 N–H and O–H groups in total. The number of carbonyl (C=O) groups is 2. The Bertz CT molecular complexity index is 1660. The maximum atomic E-state index is 14.3. The quantitative estimate of drug-likeness (QED) is 0.154. The van der Waals surface area contributed by atoms with Gasteiger partial charge in [-0.3, -0.25) is 19.7 Å². The molecule has 1 spiro atoms. The first-order valence-electron chi connectivity index (χ1n) is 12.7. The van der Waals surface area contributed by atoms with Crippen LogP contribution < -0.4 is 9.47 Å². The second kappa shape index (κ2) is 8.36. The van der Waals surface area contributed by atoms with Crippen molar-refractivity contribution in [3.63, 3.8) is 0 Å². The molecule has 194 valence electrons. The number of carbonyl (C=O) groups excluding carboxylic acids is 2. The molecule has 9 heteroatoms. The van der Waals surface area contributed by atoms with Crippen LogP contribution >= 0.6 is 0 Å². The van der Waals surface area contributed by atoms with E-state index in [2.05, 4.69) is 5.16 Å². The lowest BCUT2D eigenvalue weighted by Gasteiger charge is -2.52. The van der Waals surface area contributed by atoms with E-state index in [1.54, 1.807) is 48.5 Å². The van der Waals surface area contributed by atoms with E-state index in [9.17, 15) is 19.7 Å². The summed E-state index contributed by atoms with van der Waals surface area (Å²) < 4.78 is 18.0. The average Bonchev–Trinajstić information content (AvgIpc) is 3.46. The summed E-state index contributed by atoms with van der Waals surface area (Å²) in [6, 6.07) is 23.3. The van der Waals surface area contributed by atoms with Crippen molar-refractivity contribution in [1.82, 2.24) is 5.16 Å². The molecule has 4 aromatic rings. The summed E-state index contributed by atoms with van der Waals surface area (Å²) in [6.45, 7) is 1.51. The van der Waals surface area contributed by atoms with Crippen LogP contribution in [0.1, 0.15) is 51.2 Å². The molecule has 0 saturated heterocycles. The number of aromatic nitrogens is 1. The van der Waals surface area contributed by atoms with Gasteiger partial charge in [-0.05, 0) is 37.1 Å². The molecule has 2 aliphatic heterocycles. The smallest absolute Gasteiger partial charge is 0.334 e. The maximum absolute atomic E-state index is 14.3. The zero-order chi connectivity index (χ0) is 26.9. The van der Waals surface area contributed by atoms with Crippen LogP contribution in [-0.2, 0) is 10.2 Å². The average molecular weight is 523 g/mol. The van der Waals surface area contributed by atoms with Crippen LogP contribution in [0, 0.1) is 23.0 Å². The number of esters is 1. The molecule has 1 unspecified atom stereocenters. The fourth-order valence-corrected chi connectivity index (χ4v) is 6.96. The number of nitro groups is 1. The standard InChI is InChI=1S/C30H22N2O7/c1-16-26(32(35)36)28(39-31-16)19-15-23-25(27(33)18-11-5-7-13-21(18)37-23)30(24(19)17-9-3-2-4-10-17)20-12-6-8-14-22(20)38-29(30)34/h2-14,19,23-25H,15H2,1H3/t19-,23-,24+,25?,30-/m0/s1. The van der Waals surface area contributed by atoms with Crippen LogP contribution in [0.25, 0.3) is 0 Å². The second-order valence-electron chi connectivity index (χ2n) is 10.2. The van der Waals surface area contributed by atoms with Gasteiger partial charge in [-0.2, -0.15) is 0 Å². The third kappa shape index (κ3) is 3.10. The van der Waals surface area contributed by atoms with Crippen LogP contribution in [0.15, 0.2) is 83.4 Å². The number of nitrogens with zero attached hydrogens (tertiary/aromatic N) is 2. The van der Waals surface area contributed by atoms with Crippen molar-refractivity contribution in [3.8, 4) is 11.5 Å². The molecule has 3 heterocycles. The Morgan fingerprint density at radius 3 is 2.38 bits per heavy atom. The highest BCUT2D eigenvalue weighted by Crippen LogP contribution is 2.64.